The van der Waals surface area contributed by atoms with Crippen molar-refractivity contribution in [3.63, 3.8) is 0 Å². The lowest BCUT2D eigenvalue weighted by atomic mass is 10.1. The van der Waals surface area contributed by atoms with Crippen molar-refractivity contribution in [3.05, 3.63) is 97.7 Å². The van der Waals surface area contributed by atoms with Gasteiger partial charge in [0.15, 0.2) is 11.5 Å². The van der Waals surface area contributed by atoms with Crippen molar-refractivity contribution in [2.24, 2.45) is 0 Å². The third-order valence-corrected chi connectivity index (χ3v) is 6.69. The Morgan fingerprint density at radius 1 is 1.00 bits per heavy atom. The maximum atomic E-state index is 13.2. The highest BCUT2D eigenvalue weighted by Gasteiger charge is 2.35. The predicted molar refractivity (Wildman–Crippen MR) is 139 cm³/mol. The minimum absolute atomic E-state index is 0.0935. The largest absolute Gasteiger partial charge is 0.490 e. The summed E-state index contributed by atoms with van der Waals surface area (Å²) >= 11 is 3.06. The van der Waals surface area contributed by atoms with E-state index in [9.17, 15) is 14.0 Å². The van der Waals surface area contributed by atoms with Crippen LogP contribution in [0.5, 0.6) is 11.5 Å². The predicted octanol–water partition coefficient (Wildman–Crippen LogP) is 6.64. The highest BCUT2D eigenvalue weighted by atomic mass is 127. The summed E-state index contributed by atoms with van der Waals surface area (Å²) in [6, 6.07) is 19.3. The van der Waals surface area contributed by atoms with E-state index in [-0.39, 0.29) is 23.5 Å². The monoisotopic (exact) mass is 589 g/mol. The topological polar surface area (TPSA) is 55.8 Å². The summed E-state index contributed by atoms with van der Waals surface area (Å²) in [5.74, 6) is 0.459. The summed E-state index contributed by atoms with van der Waals surface area (Å²) in [5.41, 5.74) is 2.45. The van der Waals surface area contributed by atoms with Gasteiger partial charge in [0.1, 0.15) is 12.4 Å². The van der Waals surface area contributed by atoms with E-state index in [1.807, 2.05) is 43.3 Å². The van der Waals surface area contributed by atoms with Crippen LogP contribution in [0.15, 0.2) is 71.6 Å². The standard InChI is InChI=1S/C26H21FINO4S/c1-2-32-22-13-19(12-21(28)24(22)33-16-18-6-4-3-5-7-18)14-23-25(30)29(26(31)34-23)15-17-8-10-20(27)11-9-17/h3-14H,2,15-16H2,1H3/b23-14-. The molecule has 174 valence electrons. The Bertz CT molecular complexity index is 1230. The van der Waals surface area contributed by atoms with Crippen molar-refractivity contribution < 1.29 is 23.5 Å². The molecule has 2 amide bonds. The van der Waals surface area contributed by atoms with Gasteiger partial charge < -0.3 is 9.47 Å². The van der Waals surface area contributed by atoms with Crippen molar-refractivity contribution >= 4 is 51.6 Å². The van der Waals surface area contributed by atoms with Crippen molar-refractivity contribution in [1.29, 1.82) is 0 Å². The third kappa shape index (κ3) is 5.79. The van der Waals surface area contributed by atoms with E-state index in [1.165, 1.54) is 12.1 Å². The lowest BCUT2D eigenvalue weighted by molar-refractivity contribution is -0.123. The average molecular weight is 589 g/mol. The van der Waals surface area contributed by atoms with Crippen molar-refractivity contribution in [2.75, 3.05) is 6.61 Å². The first kappa shape index (κ1) is 24.3. The number of carbonyl (C=O) groups is 2. The molecule has 0 N–H and O–H groups in total. The van der Waals surface area contributed by atoms with Crippen LogP contribution in [-0.2, 0) is 17.9 Å². The second kappa shape index (κ2) is 11.1. The molecule has 1 saturated heterocycles. The molecule has 0 atom stereocenters. The molecule has 5 nitrogen and oxygen atoms in total. The molecular formula is C26H21FINO4S. The van der Waals surface area contributed by atoms with Gasteiger partial charge in [-0.3, -0.25) is 14.5 Å². The molecule has 4 rings (SSSR count). The fourth-order valence-electron chi connectivity index (χ4n) is 3.36. The fraction of sp³-hybridized carbons (Fsp3) is 0.154. The van der Waals surface area contributed by atoms with Crippen LogP contribution in [0, 0.1) is 9.39 Å². The number of hydrogen-bond acceptors (Lipinski definition) is 5. The van der Waals surface area contributed by atoms with E-state index < -0.39 is 0 Å². The number of ether oxygens (including phenoxy) is 2. The molecule has 3 aromatic rings. The van der Waals surface area contributed by atoms with Crippen LogP contribution in [0.3, 0.4) is 0 Å². The molecule has 0 unspecified atom stereocenters. The first-order chi connectivity index (χ1) is 16.4. The van der Waals surface area contributed by atoms with Gasteiger partial charge >= 0.3 is 0 Å². The van der Waals surface area contributed by atoms with Gasteiger partial charge in [-0.25, -0.2) is 4.39 Å². The van der Waals surface area contributed by atoms with Crippen LogP contribution in [0.4, 0.5) is 9.18 Å². The zero-order chi connectivity index (χ0) is 24.1. The van der Waals surface area contributed by atoms with Crippen molar-refractivity contribution in [3.8, 4) is 11.5 Å². The molecule has 0 aromatic heterocycles. The van der Waals surface area contributed by atoms with E-state index in [4.69, 9.17) is 9.47 Å². The summed E-state index contributed by atoms with van der Waals surface area (Å²) < 4.78 is 25.8. The Morgan fingerprint density at radius 2 is 1.74 bits per heavy atom. The number of imide groups is 1. The van der Waals surface area contributed by atoms with Gasteiger partial charge in [0.2, 0.25) is 0 Å². The SMILES string of the molecule is CCOc1cc(/C=C2\SC(=O)N(Cc3ccc(F)cc3)C2=O)cc(I)c1OCc1ccccc1. The van der Waals surface area contributed by atoms with Crippen molar-refractivity contribution in [1.82, 2.24) is 4.90 Å². The molecule has 1 fully saturated rings. The minimum atomic E-state index is -0.378. The van der Waals surface area contributed by atoms with Crippen LogP contribution in [0.25, 0.3) is 6.08 Å². The molecular weight excluding hydrogens is 568 g/mol. The summed E-state index contributed by atoms with van der Waals surface area (Å²) in [4.78, 5) is 26.9. The summed E-state index contributed by atoms with van der Waals surface area (Å²) in [6.45, 7) is 2.84. The number of carbonyl (C=O) groups excluding carboxylic acids is 2. The van der Waals surface area contributed by atoms with Crippen LogP contribution >= 0.6 is 34.4 Å². The molecule has 1 aliphatic heterocycles. The highest BCUT2D eigenvalue weighted by Crippen LogP contribution is 2.38. The second-order valence-corrected chi connectivity index (χ2v) is 9.59. The minimum Gasteiger partial charge on any atom is -0.490 e. The summed E-state index contributed by atoms with van der Waals surface area (Å²) in [5, 5.41) is -0.358. The van der Waals surface area contributed by atoms with E-state index >= 15 is 0 Å². The van der Waals surface area contributed by atoms with Gasteiger partial charge in [0, 0.05) is 0 Å². The Labute approximate surface area is 215 Å². The number of halogens is 2. The Hall–Kier alpha value is -2.85. The van der Waals surface area contributed by atoms with E-state index in [2.05, 4.69) is 22.6 Å². The summed E-state index contributed by atoms with van der Waals surface area (Å²) in [6.07, 6.45) is 1.68. The zero-order valence-corrected chi connectivity index (χ0v) is 21.3. The molecule has 0 bridgehead atoms. The molecule has 0 spiro atoms. The van der Waals surface area contributed by atoms with Gasteiger partial charge in [0.05, 0.1) is 21.6 Å². The number of amides is 2. The number of rotatable bonds is 8. The van der Waals surface area contributed by atoms with Gasteiger partial charge in [-0.2, -0.15) is 0 Å². The highest BCUT2D eigenvalue weighted by molar-refractivity contribution is 14.1. The lowest BCUT2D eigenvalue weighted by Gasteiger charge is -2.15. The molecule has 8 heteroatoms. The van der Waals surface area contributed by atoms with Crippen LogP contribution in [-0.4, -0.2) is 22.7 Å². The first-order valence-electron chi connectivity index (χ1n) is 10.6. The van der Waals surface area contributed by atoms with Crippen LogP contribution < -0.4 is 9.47 Å². The molecule has 0 radical (unpaired) electrons. The van der Waals surface area contributed by atoms with Gasteiger partial charge in [-0.15, -0.1) is 0 Å². The number of nitrogens with zero attached hydrogens (tertiary/aromatic N) is 1. The maximum absolute atomic E-state index is 13.2. The number of thioether (sulfide) groups is 1. The average Bonchev–Trinajstić information content (AvgIpc) is 3.08. The van der Waals surface area contributed by atoms with Crippen LogP contribution in [0.2, 0.25) is 0 Å². The van der Waals surface area contributed by atoms with E-state index in [0.29, 0.717) is 35.2 Å². The first-order valence-corrected chi connectivity index (χ1v) is 12.5. The van der Waals surface area contributed by atoms with E-state index in [1.54, 1.807) is 24.3 Å². The van der Waals surface area contributed by atoms with Gasteiger partial charge in [-0.1, -0.05) is 42.5 Å². The number of hydrogen-bond donors (Lipinski definition) is 0. The molecule has 1 heterocycles. The fourth-order valence-corrected chi connectivity index (χ4v) is 4.98. The zero-order valence-electron chi connectivity index (χ0n) is 18.3. The third-order valence-electron chi connectivity index (χ3n) is 4.98. The molecule has 34 heavy (non-hydrogen) atoms. The molecule has 0 saturated carbocycles. The Morgan fingerprint density at radius 3 is 2.44 bits per heavy atom. The number of benzene rings is 3. The lowest BCUT2D eigenvalue weighted by Crippen LogP contribution is -2.27. The quantitative estimate of drug-likeness (QED) is 0.218. The smallest absolute Gasteiger partial charge is 0.293 e. The maximum Gasteiger partial charge on any atom is 0.293 e. The Balaban J connectivity index is 1.55. The van der Waals surface area contributed by atoms with E-state index in [0.717, 1.165) is 31.4 Å². The molecule has 1 aliphatic rings. The molecule has 0 aliphatic carbocycles. The van der Waals surface area contributed by atoms with Crippen molar-refractivity contribution in [2.45, 2.75) is 20.1 Å². The second-order valence-electron chi connectivity index (χ2n) is 7.43. The Kier molecular flexibility index (Phi) is 7.89. The van der Waals surface area contributed by atoms with Gasteiger partial charge in [0.25, 0.3) is 11.1 Å². The molecule has 3 aromatic carbocycles. The van der Waals surface area contributed by atoms with Gasteiger partial charge in [-0.05, 0) is 88.3 Å². The van der Waals surface area contributed by atoms with Crippen LogP contribution in [0.1, 0.15) is 23.6 Å². The normalized spacial score (nSPS) is 14.7. The summed E-state index contributed by atoms with van der Waals surface area (Å²) in [7, 11) is 0.